The van der Waals surface area contributed by atoms with Crippen molar-refractivity contribution in [1.29, 1.82) is 0 Å². The van der Waals surface area contributed by atoms with Crippen molar-refractivity contribution in [2.24, 2.45) is 5.73 Å². The third-order valence-corrected chi connectivity index (χ3v) is 4.29. The number of urea groups is 1. The highest BCUT2D eigenvalue weighted by Crippen LogP contribution is 2.28. The number of hydrogen-bond acceptors (Lipinski definition) is 11. The number of aliphatic hydroxyl groups excluding tert-OH is 7. The number of carbonyl (C=O) groups is 1. The van der Waals surface area contributed by atoms with Gasteiger partial charge in [0.1, 0.15) is 48.8 Å². The number of nitrogens with two attached hydrogens (primary N) is 1. The minimum Gasteiger partial charge on any atom is -0.394 e. The van der Waals surface area contributed by atoms with E-state index in [1.165, 1.54) is 0 Å². The highest BCUT2D eigenvalue weighted by molar-refractivity contribution is 5.71. The lowest BCUT2D eigenvalue weighted by molar-refractivity contribution is -0.342. The molecule has 2 aliphatic rings. The van der Waals surface area contributed by atoms with Gasteiger partial charge >= 0.3 is 6.03 Å². The molecule has 10 atom stereocenters. The zero-order valence-electron chi connectivity index (χ0n) is 13.5. The van der Waals surface area contributed by atoms with E-state index in [0.29, 0.717) is 0 Å². The fourth-order valence-electron chi connectivity index (χ4n) is 2.85. The molecule has 0 radical (unpaired) electrons. The maximum Gasteiger partial charge on any atom is 0.314 e. The van der Waals surface area contributed by atoms with Crippen LogP contribution in [0.1, 0.15) is 0 Å². The third kappa shape index (κ3) is 4.23. The SMILES string of the molecule is NC(=O)NC1OC(CO)C(OC2OC(CO)C(O)C(O)C2O)C(O)C1O. The van der Waals surface area contributed by atoms with Crippen LogP contribution in [0.15, 0.2) is 0 Å². The van der Waals surface area contributed by atoms with E-state index in [4.69, 9.17) is 25.1 Å². The van der Waals surface area contributed by atoms with Crippen molar-refractivity contribution in [3.63, 3.8) is 0 Å². The average Bonchev–Trinajstić information content (AvgIpc) is 2.60. The predicted octanol–water partition coefficient (Wildman–Crippen LogP) is -5.72. The van der Waals surface area contributed by atoms with E-state index in [0.717, 1.165) is 0 Å². The van der Waals surface area contributed by atoms with Gasteiger partial charge in [-0.25, -0.2) is 4.79 Å². The Labute approximate surface area is 147 Å². The van der Waals surface area contributed by atoms with Crippen LogP contribution in [0.2, 0.25) is 0 Å². The highest BCUT2D eigenvalue weighted by atomic mass is 16.7. The first-order valence-corrected chi connectivity index (χ1v) is 7.85. The number of hydrogen-bond donors (Lipinski definition) is 9. The summed E-state index contributed by atoms with van der Waals surface area (Å²) in [6, 6.07) is -1.04. The maximum atomic E-state index is 10.9. The van der Waals surface area contributed by atoms with E-state index in [1.807, 2.05) is 5.32 Å². The van der Waals surface area contributed by atoms with Gasteiger partial charge in [-0.05, 0) is 0 Å². The summed E-state index contributed by atoms with van der Waals surface area (Å²) in [7, 11) is 0. The molecular weight excluding hydrogens is 360 g/mol. The molecule has 13 heteroatoms. The molecule has 0 aromatic rings. The second-order valence-electron chi connectivity index (χ2n) is 6.07. The van der Waals surface area contributed by atoms with Crippen molar-refractivity contribution in [2.45, 2.75) is 61.3 Å². The molecule has 13 nitrogen and oxygen atoms in total. The molecule has 2 aliphatic heterocycles. The smallest absolute Gasteiger partial charge is 0.314 e. The van der Waals surface area contributed by atoms with Crippen molar-refractivity contribution in [2.75, 3.05) is 13.2 Å². The van der Waals surface area contributed by atoms with Crippen LogP contribution in [-0.4, -0.2) is 116 Å². The summed E-state index contributed by atoms with van der Waals surface area (Å²) in [6.07, 6.45) is -15.5. The average molecular weight is 384 g/mol. The Bertz CT molecular complexity index is 479. The second-order valence-corrected chi connectivity index (χ2v) is 6.07. The van der Waals surface area contributed by atoms with Crippen LogP contribution in [0.5, 0.6) is 0 Å². The van der Waals surface area contributed by atoms with Gasteiger partial charge in [-0.3, -0.25) is 0 Å². The Morgan fingerprint density at radius 2 is 1.50 bits per heavy atom. The number of primary amides is 1. The Hall–Kier alpha value is -1.13. The number of carbonyl (C=O) groups excluding carboxylic acids is 1. The monoisotopic (exact) mass is 384 g/mol. The van der Waals surface area contributed by atoms with E-state index in [1.54, 1.807) is 0 Å². The molecule has 2 amide bonds. The predicted molar refractivity (Wildman–Crippen MR) is 79.1 cm³/mol. The van der Waals surface area contributed by atoms with Crippen molar-refractivity contribution in [1.82, 2.24) is 5.32 Å². The number of nitrogens with one attached hydrogen (secondary N) is 1. The van der Waals surface area contributed by atoms with E-state index in [2.05, 4.69) is 0 Å². The van der Waals surface area contributed by atoms with Gasteiger partial charge in [0.2, 0.25) is 0 Å². The molecule has 0 aromatic heterocycles. The molecule has 0 aromatic carbocycles. The standard InChI is InChI=1S/C13H24N2O11/c14-13(23)15-11-8(21)7(20)10(4(2-17)24-11)26-12-9(22)6(19)5(18)3(1-16)25-12/h3-12,16-22H,1-2H2,(H3,14,15,23). The molecule has 0 aliphatic carbocycles. The van der Waals surface area contributed by atoms with Crippen molar-refractivity contribution >= 4 is 6.03 Å². The molecular formula is C13H24N2O11. The summed E-state index contributed by atoms with van der Waals surface area (Å²) in [5, 5.41) is 70.3. The summed E-state index contributed by atoms with van der Waals surface area (Å²) >= 11 is 0. The van der Waals surface area contributed by atoms with Crippen LogP contribution in [0, 0.1) is 0 Å². The van der Waals surface area contributed by atoms with Crippen molar-refractivity contribution in [3.05, 3.63) is 0 Å². The van der Waals surface area contributed by atoms with Crippen LogP contribution in [0.3, 0.4) is 0 Å². The highest BCUT2D eigenvalue weighted by Gasteiger charge is 2.50. The van der Waals surface area contributed by atoms with Crippen LogP contribution in [-0.2, 0) is 14.2 Å². The first kappa shape index (κ1) is 21.2. The Balaban J connectivity index is 2.12. The lowest BCUT2D eigenvalue weighted by Gasteiger charge is -2.46. The summed E-state index contributed by atoms with van der Waals surface area (Å²) in [5.74, 6) is 0. The number of ether oxygens (including phenoxy) is 3. The van der Waals surface area contributed by atoms with Crippen molar-refractivity contribution in [3.8, 4) is 0 Å². The molecule has 10 N–H and O–H groups in total. The van der Waals surface area contributed by atoms with Gasteiger partial charge in [0.05, 0.1) is 13.2 Å². The van der Waals surface area contributed by atoms with E-state index in [-0.39, 0.29) is 0 Å². The minimum atomic E-state index is -1.75. The maximum absolute atomic E-state index is 10.9. The number of aliphatic hydroxyl groups is 7. The van der Waals surface area contributed by atoms with Gasteiger partial charge in [-0.15, -0.1) is 0 Å². The number of amides is 2. The largest absolute Gasteiger partial charge is 0.394 e. The lowest BCUT2D eigenvalue weighted by Crippen LogP contribution is -2.66. The number of rotatable bonds is 5. The van der Waals surface area contributed by atoms with Gasteiger partial charge in [-0.2, -0.15) is 0 Å². The first-order chi connectivity index (χ1) is 12.2. The van der Waals surface area contributed by atoms with E-state index >= 15 is 0 Å². The fourth-order valence-corrected chi connectivity index (χ4v) is 2.85. The lowest BCUT2D eigenvalue weighted by atomic mass is 9.96. The van der Waals surface area contributed by atoms with Gasteiger partial charge < -0.3 is 61.0 Å². The summed E-state index contributed by atoms with van der Waals surface area (Å²) in [5.41, 5.74) is 4.93. The normalized spacial score (nSPS) is 46.7. The third-order valence-electron chi connectivity index (χ3n) is 4.29. The zero-order valence-corrected chi connectivity index (χ0v) is 13.5. The molecule has 2 fully saturated rings. The molecule has 2 heterocycles. The van der Waals surface area contributed by atoms with Crippen LogP contribution in [0.4, 0.5) is 4.79 Å². The Morgan fingerprint density at radius 3 is 2.04 bits per heavy atom. The molecule has 10 unspecified atom stereocenters. The fraction of sp³-hybridized carbons (Fsp3) is 0.923. The van der Waals surface area contributed by atoms with Gasteiger partial charge in [0.25, 0.3) is 0 Å². The molecule has 152 valence electrons. The molecule has 2 rings (SSSR count). The van der Waals surface area contributed by atoms with Crippen LogP contribution >= 0.6 is 0 Å². The van der Waals surface area contributed by atoms with Gasteiger partial charge in [-0.1, -0.05) is 0 Å². The van der Waals surface area contributed by atoms with E-state index in [9.17, 15) is 35.4 Å². The molecule has 0 spiro atoms. The van der Waals surface area contributed by atoms with Crippen LogP contribution < -0.4 is 11.1 Å². The topological polar surface area (TPSA) is 224 Å². The molecule has 0 saturated carbocycles. The second kappa shape index (κ2) is 8.71. The minimum absolute atomic E-state index is 0.689. The Kier molecular flexibility index (Phi) is 7.09. The summed E-state index contributed by atoms with van der Waals surface area (Å²) in [4.78, 5) is 10.9. The summed E-state index contributed by atoms with van der Waals surface area (Å²) in [6.45, 7) is -1.39. The van der Waals surface area contributed by atoms with E-state index < -0.39 is 80.6 Å². The molecule has 0 bridgehead atoms. The van der Waals surface area contributed by atoms with Gasteiger partial charge in [0, 0.05) is 0 Å². The molecule has 26 heavy (non-hydrogen) atoms. The van der Waals surface area contributed by atoms with Crippen LogP contribution in [0.25, 0.3) is 0 Å². The van der Waals surface area contributed by atoms with Gasteiger partial charge in [0.15, 0.2) is 12.5 Å². The summed E-state index contributed by atoms with van der Waals surface area (Å²) < 4.78 is 15.7. The first-order valence-electron chi connectivity index (χ1n) is 7.85. The van der Waals surface area contributed by atoms with Crippen molar-refractivity contribution < 1.29 is 54.8 Å². The molecule has 2 saturated heterocycles. The Morgan fingerprint density at radius 1 is 0.885 bits per heavy atom. The zero-order chi connectivity index (χ0) is 19.6. The quantitative estimate of drug-likeness (QED) is 0.217.